The Morgan fingerprint density at radius 3 is 2.19 bits per heavy atom. The quantitative estimate of drug-likeness (QED) is 0.690. The molecule has 0 unspecified atom stereocenters. The molecule has 0 aliphatic rings. The molecule has 0 aliphatic carbocycles. The smallest absolute Gasteiger partial charge is 0.224 e. The third-order valence-electron chi connectivity index (χ3n) is 3.85. The maximum Gasteiger partial charge on any atom is 0.224 e. The van der Waals surface area contributed by atoms with Gasteiger partial charge in [-0.05, 0) is 25.0 Å². The van der Waals surface area contributed by atoms with Crippen LogP contribution >= 0.6 is 0 Å². The fourth-order valence-corrected chi connectivity index (χ4v) is 2.51. The van der Waals surface area contributed by atoms with E-state index in [2.05, 4.69) is 5.32 Å². The number of nitrogens with one attached hydrogen (secondary N) is 1. The number of methoxy groups -OCH3 is 3. The van der Waals surface area contributed by atoms with Gasteiger partial charge in [0, 0.05) is 24.2 Å². The first kappa shape index (κ1) is 19.4. The first-order valence-electron chi connectivity index (χ1n) is 8.37. The predicted molar refractivity (Wildman–Crippen MR) is 101 cm³/mol. The Balaban J connectivity index is 1.88. The molecule has 0 bridgehead atoms. The number of hydrogen-bond acceptors (Lipinski definition) is 5. The molecule has 1 amide bonds. The van der Waals surface area contributed by atoms with Crippen LogP contribution in [0.3, 0.4) is 0 Å². The normalized spacial score (nSPS) is 10.2. The summed E-state index contributed by atoms with van der Waals surface area (Å²) in [4.78, 5) is 12.2. The van der Waals surface area contributed by atoms with Crippen LogP contribution < -0.4 is 24.3 Å². The van der Waals surface area contributed by atoms with Crippen LogP contribution in [-0.4, -0.2) is 33.8 Å². The molecule has 0 radical (unpaired) electrons. The van der Waals surface area contributed by atoms with Crippen LogP contribution in [0.5, 0.6) is 23.0 Å². The van der Waals surface area contributed by atoms with E-state index in [4.69, 9.17) is 18.9 Å². The number of para-hydroxylation sites is 1. The Kier molecular flexibility index (Phi) is 7.14. The van der Waals surface area contributed by atoms with Gasteiger partial charge in [0.2, 0.25) is 11.7 Å². The number of benzene rings is 2. The molecule has 0 atom stereocenters. The van der Waals surface area contributed by atoms with Gasteiger partial charge >= 0.3 is 0 Å². The van der Waals surface area contributed by atoms with Crippen LogP contribution in [0.2, 0.25) is 0 Å². The van der Waals surface area contributed by atoms with Gasteiger partial charge in [0.1, 0.15) is 5.75 Å². The monoisotopic (exact) mass is 359 g/mol. The minimum Gasteiger partial charge on any atom is -0.493 e. The number of ether oxygens (including phenoxy) is 4. The lowest BCUT2D eigenvalue weighted by Crippen LogP contribution is -2.13. The Morgan fingerprint density at radius 1 is 0.962 bits per heavy atom. The highest BCUT2D eigenvalue weighted by Crippen LogP contribution is 2.39. The molecule has 6 nitrogen and oxygen atoms in total. The SMILES string of the molecule is COc1cc(NC(=O)CCCOc2ccccc2C)cc(OC)c1OC. The molecule has 2 rings (SSSR count). The lowest BCUT2D eigenvalue weighted by atomic mass is 10.2. The van der Waals surface area contributed by atoms with Crippen LogP contribution in [0.1, 0.15) is 18.4 Å². The number of hydrogen-bond donors (Lipinski definition) is 1. The first-order chi connectivity index (χ1) is 12.6. The summed E-state index contributed by atoms with van der Waals surface area (Å²) in [6.07, 6.45) is 0.965. The van der Waals surface area contributed by atoms with E-state index in [-0.39, 0.29) is 5.91 Å². The van der Waals surface area contributed by atoms with Gasteiger partial charge in [0.05, 0.1) is 27.9 Å². The van der Waals surface area contributed by atoms with E-state index in [1.54, 1.807) is 12.1 Å². The van der Waals surface area contributed by atoms with Gasteiger partial charge in [0.25, 0.3) is 0 Å². The van der Waals surface area contributed by atoms with Crippen molar-refractivity contribution in [3.63, 3.8) is 0 Å². The molecule has 0 spiro atoms. The highest BCUT2D eigenvalue weighted by Gasteiger charge is 2.14. The average molecular weight is 359 g/mol. The lowest BCUT2D eigenvalue weighted by Gasteiger charge is -2.14. The van der Waals surface area contributed by atoms with Gasteiger partial charge in [-0.3, -0.25) is 4.79 Å². The third-order valence-corrected chi connectivity index (χ3v) is 3.85. The van der Waals surface area contributed by atoms with Crippen molar-refractivity contribution < 1.29 is 23.7 Å². The molecule has 26 heavy (non-hydrogen) atoms. The Labute approximate surface area is 154 Å². The highest BCUT2D eigenvalue weighted by molar-refractivity contribution is 5.91. The molecular formula is C20H25NO5. The predicted octanol–water partition coefficient (Wildman–Crippen LogP) is 3.82. The zero-order valence-electron chi connectivity index (χ0n) is 15.6. The number of rotatable bonds is 9. The Morgan fingerprint density at radius 2 is 1.62 bits per heavy atom. The van der Waals surface area contributed by atoms with E-state index in [0.717, 1.165) is 11.3 Å². The van der Waals surface area contributed by atoms with E-state index in [1.165, 1.54) is 21.3 Å². The summed E-state index contributed by atoms with van der Waals surface area (Å²) in [6, 6.07) is 11.2. The summed E-state index contributed by atoms with van der Waals surface area (Å²) in [5.74, 6) is 2.21. The second kappa shape index (κ2) is 9.56. The topological polar surface area (TPSA) is 66.0 Å². The van der Waals surface area contributed by atoms with Crippen molar-refractivity contribution in [2.45, 2.75) is 19.8 Å². The van der Waals surface area contributed by atoms with E-state index < -0.39 is 0 Å². The zero-order valence-corrected chi connectivity index (χ0v) is 15.6. The second-order valence-electron chi connectivity index (χ2n) is 5.68. The number of aryl methyl sites for hydroxylation is 1. The van der Waals surface area contributed by atoms with Crippen molar-refractivity contribution in [2.24, 2.45) is 0 Å². The van der Waals surface area contributed by atoms with E-state index in [9.17, 15) is 4.79 Å². The molecule has 0 aliphatic heterocycles. The number of carbonyl (C=O) groups is 1. The van der Waals surface area contributed by atoms with E-state index in [0.29, 0.717) is 42.4 Å². The molecular weight excluding hydrogens is 334 g/mol. The molecule has 0 fully saturated rings. The second-order valence-corrected chi connectivity index (χ2v) is 5.68. The molecule has 1 N–H and O–H groups in total. The van der Waals surface area contributed by atoms with Crippen molar-refractivity contribution in [2.75, 3.05) is 33.3 Å². The number of carbonyl (C=O) groups excluding carboxylic acids is 1. The van der Waals surface area contributed by atoms with Crippen molar-refractivity contribution in [3.8, 4) is 23.0 Å². The largest absolute Gasteiger partial charge is 0.493 e. The summed E-state index contributed by atoms with van der Waals surface area (Å²) in [6.45, 7) is 2.47. The number of amides is 1. The van der Waals surface area contributed by atoms with Gasteiger partial charge in [0.15, 0.2) is 11.5 Å². The van der Waals surface area contributed by atoms with Crippen molar-refractivity contribution >= 4 is 11.6 Å². The lowest BCUT2D eigenvalue weighted by molar-refractivity contribution is -0.116. The Hall–Kier alpha value is -2.89. The summed E-state index contributed by atoms with van der Waals surface area (Å²) >= 11 is 0. The minimum absolute atomic E-state index is 0.104. The first-order valence-corrected chi connectivity index (χ1v) is 8.37. The van der Waals surface area contributed by atoms with Crippen molar-refractivity contribution in [1.82, 2.24) is 0 Å². The average Bonchev–Trinajstić information content (AvgIpc) is 2.65. The molecule has 140 valence electrons. The molecule has 0 saturated carbocycles. The Bertz CT molecular complexity index is 720. The molecule has 2 aromatic rings. The van der Waals surface area contributed by atoms with Gasteiger partial charge in [-0.2, -0.15) is 0 Å². The van der Waals surface area contributed by atoms with Crippen LogP contribution in [0.4, 0.5) is 5.69 Å². The van der Waals surface area contributed by atoms with Crippen molar-refractivity contribution in [1.29, 1.82) is 0 Å². The molecule has 6 heteroatoms. The molecule has 0 heterocycles. The molecule has 0 aromatic heterocycles. The fraction of sp³-hybridized carbons (Fsp3) is 0.350. The van der Waals surface area contributed by atoms with Gasteiger partial charge in [-0.15, -0.1) is 0 Å². The van der Waals surface area contributed by atoms with Gasteiger partial charge in [-0.25, -0.2) is 0 Å². The maximum absolute atomic E-state index is 12.2. The van der Waals surface area contributed by atoms with Crippen molar-refractivity contribution in [3.05, 3.63) is 42.0 Å². The molecule has 0 saturated heterocycles. The summed E-state index contributed by atoms with van der Waals surface area (Å²) < 4.78 is 21.5. The van der Waals surface area contributed by atoms with Gasteiger partial charge in [-0.1, -0.05) is 18.2 Å². The van der Waals surface area contributed by atoms with E-state index in [1.807, 2.05) is 31.2 Å². The van der Waals surface area contributed by atoms with Crippen LogP contribution in [-0.2, 0) is 4.79 Å². The minimum atomic E-state index is -0.104. The van der Waals surface area contributed by atoms with Crippen LogP contribution in [0, 0.1) is 6.92 Å². The number of anilines is 1. The summed E-state index contributed by atoms with van der Waals surface area (Å²) in [7, 11) is 4.60. The zero-order chi connectivity index (χ0) is 18.9. The van der Waals surface area contributed by atoms with E-state index >= 15 is 0 Å². The third kappa shape index (κ3) is 5.05. The molecule has 2 aromatic carbocycles. The fourth-order valence-electron chi connectivity index (χ4n) is 2.51. The summed E-state index contributed by atoms with van der Waals surface area (Å²) in [5, 5.41) is 2.84. The maximum atomic E-state index is 12.2. The standard InChI is InChI=1S/C20H25NO5/c1-14-8-5-6-9-16(14)26-11-7-10-19(22)21-15-12-17(23-2)20(25-4)18(13-15)24-3/h5-6,8-9,12-13H,7,10-11H2,1-4H3,(H,21,22). The van der Waals surface area contributed by atoms with Crippen LogP contribution in [0.25, 0.3) is 0 Å². The van der Waals surface area contributed by atoms with Crippen LogP contribution in [0.15, 0.2) is 36.4 Å². The summed E-state index contributed by atoms with van der Waals surface area (Å²) in [5.41, 5.74) is 1.67. The highest BCUT2D eigenvalue weighted by atomic mass is 16.5. The van der Waals surface area contributed by atoms with Gasteiger partial charge < -0.3 is 24.3 Å².